The average molecular weight is 254 g/mol. The number of nitrogens with one attached hydrogen (secondary N) is 1. The first-order valence-corrected chi connectivity index (χ1v) is 6.80. The van der Waals surface area contributed by atoms with Crippen LogP contribution in [0.1, 0.15) is 35.2 Å². The first-order chi connectivity index (χ1) is 9.34. The standard InChI is InChI=1S/C15H18N4/c1-11-6-7-16-8-12(11)9-17-15-13-4-2-3-5-14(13)18-10-19-15/h6-8,10H,2-5,9H2,1H3,(H,17,18,19). The molecule has 0 atom stereocenters. The van der Waals surface area contributed by atoms with E-state index in [1.807, 2.05) is 18.5 Å². The predicted molar refractivity (Wildman–Crippen MR) is 75.0 cm³/mol. The van der Waals surface area contributed by atoms with Crippen LogP contribution in [-0.4, -0.2) is 15.0 Å². The van der Waals surface area contributed by atoms with Crippen molar-refractivity contribution in [3.05, 3.63) is 47.2 Å². The molecule has 1 aliphatic carbocycles. The van der Waals surface area contributed by atoms with Gasteiger partial charge in [0.2, 0.25) is 0 Å². The summed E-state index contributed by atoms with van der Waals surface area (Å²) in [5.74, 6) is 0.993. The second-order valence-electron chi connectivity index (χ2n) is 5.01. The van der Waals surface area contributed by atoms with Crippen molar-refractivity contribution in [3.8, 4) is 0 Å². The molecule has 0 saturated heterocycles. The molecule has 1 N–H and O–H groups in total. The van der Waals surface area contributed by atoms with Crippen LogP contribution in [0.3, 0.4) is 0 Å². The maximum atomic E-state index is 4.39. The van der Waals surface area contributed by atoms with E-state index in [1.165, 1.54) is 35.2 Å². The van der Waals surface area contributed by atoms with Crippen LogP contribution >= 0.6 is 0 Å². The van der Waals surface area contributed by atoms with Crippen LogP contribution in [0, 0.1) is 6.92 Å². The lowest BCUT2D eigenvalue weighted by molar-refractivity contribution is 0.663. The minimum atomic E-state index is 0.767. The van der Waals surface area contributed by atoms with Gasteiger partial charge in [-0.15, -0.1) is 0 Å². The molecule has 0 fully saturated rings. The highest BCUT2D eigenvalue weighted by Gasteiger charge is 2.15. The van der Waals surface area contributed by atoms with Gasteiger partial charge in [0, 0.05) is 30.2 Å². The molecule has 0 bridgehead atoms. The molecule has 0 spiro atoms. The number of aryl methyl sites for hydroxylation is 2. The summed E-state index contributed by atoms with van der Waals surface area (Å²) in [6, 6.07) is 2.03. The Bertz CT molecular complexity index is 580. The van der Waals surface area contributed by atoms with E-state index in [9.17, 15) is 0 Å². The van der Waals surface area contributed by atoms with Crippen LogP contribution in [0.15, 0.2) is 24.8 Å². The highest BCUT2D eigenvalue weighted by molar-refractivity contribution is 5.47. The van der Waals surface area contributed by atoms with Gasteiger partial charge in [0.25, 0.3) is 0 Å². The second kappa shape index (κ2) is 5.34. The Labute approximate surface area is 113 Å². The molecule has 0 amide bonds. The summed E-state index contributed by atoms with van der Waals surface area (Å²) in [4.78, 5) is 13.0. The van der Waals surface area contributed by atoms with Crippen LogP contribution in [0.2, 0.25) is 0 Å². The SMILES string of the molecule is Cc1ccncc1CNc1ncnc2c1CCCC2. The van der Waals surface area contributed by atoms with Crippen molar-refractivity contribution < 1.29 is 0 Å². The number of aromatic nitrogens is 3. The van der Waals surface area contributed by atoms with Gasteiger partial charge >= 0.3 is 0 Å². The summed E-state index contributed by atoms with van der Waals surface area (Å²) < 4.78 is 0. The maximum absolute atomic E-state index is 4.39. The number of anilines is 1. The lowest BCUT2D eigenvalue weighted by Gasteiger charge is -2.18. The zero-order valence-corrected chi connectivity index (χ0v) is 11.2. The minimum Gasteiger partial charge on any atom is -0.366 e. The van der Waals surface area contributed by atoms with Crippen molar-refractivity contribution in [1.29, 1.82) is 0 Å². The molecule has 2 aromatic heterocycles. The minimum absolute atomic E-state index is 0.767. The van der Waals surface area contributed by atoms with Gasteiger partial charge in [-0.25, -0.2) is 9.97 Å². The predicted octanol–water partition coefficient (Wildman–Crippen LogP) is 2.67. The molecule has 4 heteroatoms. The van der Waals surface area contributed by atoms with Gasteiger partial charge in [-0.3, -0.25) is 4.98 Å². The summed E-state index contributed by atoms with van der Waals surface area (Å²) in [5, 5.41) is 3.44. The van der Waals surface area contributed by atoms with Crippen molar-refractivity contribution in [3.63, 3.8) is 0 Å². The summed E-state index contributed by atoms with van der Waals surface area (Å²) in [6.07, 6.45) is 10.1. The van der Waals surface area contributed by atoms with E-state index in [4.69, 9.17) is 0 Å². The zero-order valence-electron chi connectivity index (χ0n) is 11.2. The molecule has 19 heavy (non-hydrogen) atoms. The van der Waals surface area contributed by atoms with Gasteiger partial charge in [-0.05, 0) is 49.8 Å². The van der Waals surface area contributed by atoms with Crippen molar-refractivity contribution in [2.45, 2.75) is 39.2 Å². The Morgan fingerprint density at radius 1 is 1.21 bits per heavy atom. The van der Waals surface area contributed by atoms with Crippen molar-refractivity contribution in [2.75, 3.05) is 5.32 Å². The summed E-state index contributed by atoms with van der Waals surface area (Å²) in [6.45, 7) is 2.87. The van der Waals surface area contributed by atoms with E-state index < -0.39 is 0 Å². The topological polar surface area (TPSA) is 50.7 Å². The Balaban J connectivity index is 1.79. The second-order valence-corrected chi connectivity index (χ2v) is 5.01. The van der Waals surface area contributed by atoms with E-state index in [1.54, 1.807) is 6.33 Å². The van der Waals surface area contributed by atoms with Crippen LogP contribution < -0.4 is 5.32 Å². The number of rotatable bonds is 3. The van der Waals surface area contributed by atoms with Gasteiger partial charge in [-0.2, -0.15) is 0 Å². The lowest BCUT2D eigenvalue weighted by Crippen LogP contribution is -2.12. The van der Waals surface area contributed by atoms with Gasteiger partial charge in [0.05, 0.1) is 0 Å². The third-order valence-corrected chi connectivity index (χ3v) is 3.72. The molecular weight excluding hydrogens is 236 g/mol. The maximum Gasteiger partial charge on any atom is 0.133 e. The molecule has 2 heterocycles. The molecule has 4 nitrogen and oxygen atoms in total. The molecule has 98 valence electrons. The Morgan fingerprint density at radius 2 is 2.11 bits per heavy atom. The molecule has 0 saturated carbocycles. The van der Waals surface area contributed by atoms with E-state index in [0.717, 1.165) is 25.2 Å². The smallest absolute Gasteiger partial charge is 0.133 e. The van der Waals surface area contributed by atoms with Crippen LogP contribution in [0.25, 0.3) is 0 Å². The number of hydrogen-bond donors (Lipinski definition) is 1. The van der Waals surface area contributed by atoms with Gasteiger partial charge in [-0.1, -0.05) is 0 Å². The molecule has 0 aromatic carbocycles. The molecular formula is C15H18N4. The van der Waals surface area contributed by atoms with Gasteiger partial charge in [0.15, 0.2) is 0 Å². The highest BCUT2D eigenvalue weighted by atomic mass is 15.0. The largest absolute Gasteiger partial charge is 0.366 e. The summed E-state index contributed by atoms with van der Waals surface area (Å²) >= 11 is 0. The monoisotopic (exact) mass is 254 g/mol. The lowest BCUT2D eigenvalue weighted by atomic mass is 9.96. The molecule has 1 aliphatic rings. The van der Waals surface area contributed by atoms with Crippen molar-refractivity contribution in [2.24, 2.45) is 0 Å². The van der Waals surface area contributed by atoms with Crippen LogP contribution in [0.4, 0.5) is 5.82 Å². The van der Waals surface area contributed by atoms with Crippen molar-refractivity contribution in [1.82, 2.24) is 15.0 Å². The van der Waals surface area contributed by atoms with E-state index in [2.05, 4.69) is 27.2 Å². The number of pyridine rings is 1. The Morgan fingerprint density at radius 3 is 3.00 bits per heavy atom. The number of fused-ring (bicyclic) bond motifs is 1. The summed E-state index contributed by atoms with van der Waals surface area (Å²) in [7, 11) is 0. The van der Waals surface area contributed by atoms with Crippen LogP contribution in [0.5, 0.6) is 0 Å². The number of hydrogen-bond acceptors (Lipinski definition) is 4. The van der Waals surface area contributed by atoms with E-state index in [-0.39, 0.29) is 0 Å². The molecule has 3 rings (SSSR count). The normalized spacial score (nSPS) is 13.9. The molecule has 0 aliphatic heterocycles. The fraction of sp³-hybridized carbons (Fsp3) is 0.400. The third-order valence-electron chi connectivity index (χ3n) is 3.72. The molecule has 2 aromatic rings. The first kappa shape index (κ1) is 12.1. The van der Waals surface area contributed by atoms with E-state index >= 15 is 0 Å². The molecule has 0 unspecified atom stereocenters. The van der Waals surface area contributed by atoms with E-state index in [0.29, 0.717) is 0 Å². The van der Waals surface area contributed by atoms with Gasteiger partial charge < -0.3 is 5.32 Å². The third kappa shape index (κ3) is 2.57. The zero-order chi connectivity index (χ0) is 13.1. The highest BCUT2D eigenvalue weighted by Crippen LogP contribution is 2.24. The van der Waals surface area contributed by atoms with Crippen molar-refractivity contribution >= 4 is 5.82 Å². The Kier molecular flexibility index (Phi) is 3.40. The summed E-state index contributed by atoms with van der Waals surface area (Å²) in [5.41, 5.74) is 4.98. The quantitative estimate of drug-likeness (QED) is 0.915. The van der Waals surface area contributed by atoms with Gasteiger partial charge in [0.1, 0.15) is 12.1 Å². The first-order valence-electron chi connectivity index (χ1n) is 6.80. The number of nitrogens with zero attached hydrogens (tertiary/aromatic N) is 3. The van der Waals surface area contributed by atoms with Crippen LogP contribution in [-0.2, 0) is 19.4 Å². The fourth-order valence-corrected chi connectivity index (χ4v) is 2.53. The Hall–Kier alpha value is -1.97. The average Bonchev–Trinajstić information content (AvgIpc) is 2.46. The molecule has 0 radical (unpaired) electrons. The fourth-order valence-electron chi connectivity index (χ4n) is 2.53.